The summed E-state index contributed by atoms with van der Waals surface area (Å²) in [5.74, 6) is -0.517. The summed E-state index contributed by atoms with van der Waals surface area (Å²) in [7, 11) is 1.28. The molecule has 3 rings (SSSR count). The number of anilines is 1. The zero-order chi connectivity index (χ0) is 20.1. The molecular weight excluding hydrogens is 428 g/mol. The first kappa shape index (κ1) is 20.0. The topological polar surface area (TPSA) is 81.9 Å². The van der Waals surface area contributed by atoms with Crippen molar-refractivity contribution in [3.8, 4) is 0 Å². The summed E-state index contributed by atoms with van der Waals surface area (Å²) in [5.41, 5.74) is 2.07. The average molecular weight is 447 g/mol. The number of nitro groups is 1. The Balaban J connectivity index is 1.87. The Hall–Kier alpha value is -2.71. The van der Waals surface area contributed by atoms with Crippen LogP contribution in [0, 0.1) is 10.1 Å². The van der Waals surface area contributed by atoms with Gasteiger partial charge in [-0.15, -0.1) is 0 Å². The molecule has 1 fully saturated rings. The Morgan fingerprint density at radius 3 is 2.86 bits per heavy atom. The van der Waals surface area contributed by atoms with E-state index in [1.807, 2.05) is 29.2 Å². The van der Waals surface area contributed by atoms with Crippen LogP contribution in [0.15, 0.2) is 53.0 Å². The number of benzene rings is 2. The highest BCUT2D eigenvalue weighted by atomic mass is 79.9. The summed E-state index contributed by atoms with van der Waals surface area (Å²) in [5, 5.41) is 11.6. The van der Waals surface area contributed by atoms with Gasteiger partial charge >= 0.3 is 5.97 Å². The van der Waals surface area contributed by atoms with E-state index in [0.29, 0.717) is 30.9 Å². The van der Waals surface area contributed by atoms with Crippen LogP contribution in [0.5, 0.6) is 0 Å². The van der Waals surface area contributed by atoms with Crippen LogP contribution in [0.2, 0.25) is 0 Å². The summed E-state index contributed by atoms with van der Waals surface area (Å²) < 4.78 is 11.4. The van der Waals surface area contributed by atoms with Crippen molar-refractivity contribution in [1.29, 1.82) is 0 Å². The van der Waals surface area contributed by atoms with Crippen molar-refractivity contribution in [2.45, 2.75) is 6.10 Å². The molecule has 1 unspecified atom stereocenters. The molecule has 0 aliphatic carbocycles. The Labute approximate surface area is 170 Å². The summed E-state index contributed by atoms with van der Waals surface area (Å²) in [6.07, 6.45) is 2.53. The molecule has 1 heterocycles. The number of nitro benzene ring substituents is 1. The van der Waals surface area contributed by atoms with Crippen LogP contribution in [-0.4, -0.2) is 37.7 Å². The third-order valence-corrected chi connectivity index (χ3v) is 5.19. The number of morpholine rings is 1. The number of carbonyl (C=O) groups is 1. The number of halogens is 1. The van der Waals surface area contributed by atoms with E-state index in [2.05, 4.69) is 20.7 Å². The maximum Gasteiger partial charge on any atom is 0.330 e. The van der Waals surface area contributed by atoms with E-state index in [1.165, 1.54) is 25.3 Å². The highest BCUT2D eigenvalue weighted by Gasteiger charge is 2.28. The highest BCUT2D eigenvalue weighted by Crippen LogP contribution is 2.35. The third-order valence-electron chi connectivity index (χ3n) is 4.47. The monoisotopic (exact) mass is 446 g/mol. The minimum Gasteiger partial charge on any atom is -0.466 e. The molecule has 28 heavy (non-hydrogen) atoms. The minimum absolute atomic E-state index is 0.0141. The number of hydrogen-bond acceptors (Lipinski definition) is 6. The molecule has 0 radical (unpaired) electrons. The SMILES string of the molecule is COC(=O)/C=C/c1ccc(N2CCOC(c3ccccc3Br)C2)c([N+](=O)[O-])c1. The maximum absolute atomic E-state index is 11.6. The second kappa shape index (κ2) is 8.99. The van der Waals surface area contributed by atoms with Gasteiger partial charge in [0.2, 0.25) is 0 Å². The molecule has 1 aliphatic rings. The quantitative estimate of drug-likeness (QED) is 0.297. The van der Waals surface area contributed by atoms with E-state index in [0.717, 1.165) is 10.0 Å². The fourth-order valence-electron chi connectivity index (χ4n) is 3.08. The van der Waals surface area contributed by atoms with Crippen molar-refractivity contribution in [3.63, 3.8) is 0 Å². The fraction of sp³-hybridized carbons (Fsp3) is 0.250. The van der Waals surface area contributed by atoms with Gasteiger partial charge in [0, 0.05) is 29.7 Å². The van der Waals surface area contributed by atoms with Gasteiger partial charge in [-0.1, -0.05) is 40.2 Å². The molecular formula is C20H19BrN2O5. The minimum atomic E-state index is -0.517. The van der Waals surface area contributed by atoms with Gasteiger partial charge in [-0.3, -0.25) is 10.1 Å². The lowest BCUT2D eigenvalue weighted by Crippen LogP contribution is -2.38. The molecule has 2 aromatic rings. The van der Waals surface area contributed by atoms with Crippen LogP contribution in [0.25, 0.3) is 6.08 Å². The molecule has 7 nitrogen and oxygen atoms in total. The van der Waals surface area contributed by atoms with Crippen LogP contribution in [0.1, 0.15) is 17.2 Å². The summed E-state index contributed by atoms with van der Waals surface area (Å²) in [6, 6.07) is 12.7. The van der Waals surface area contributed by atoms with Crippen molar-refractivity contribution in [3.05, 3.63) is 74.3 Å². The Bertz CT molecular complexity index is 915. The van der Waals surface area contributed by atoms with E-state index < -0.39 is 10.9 Å². The predicted molar refractivity (Wildman–Crippen MR) is 109 cm³/mol. The van der Waals surface area contributed by atoms with E-state index in [-0.39, 0.29) is 11.8 Å². The van der Waals surface area contributed by atoms with Gasteiger partial charge in [0.1, 0.15) is 11.8 Å². The van der Waals surface area contributed by atoms with Crippen molar-refractivity contribution in [1.82, 2.24) is 0 Å². The number of ether oxygens (including phenoxy) is 2. The largest absolute Gasteiger partial charge is 0.466 e. The molecule has 0 saturated carbocycles. The van der Waals surface area contributed by atoms with Gasteiger partial charge < -0.3 is 14.4 Å². The first-order chi connectivity index (χ1) is 13.5. The lowest BCUT2D eigenvalue weighted by atomic mass is 10.1. The molecule has 0 N–H and O–H groups in total. The first-order valence-corrected chi connectivity index (χ1v) is 9.44. The molecule has 1 saturated heterocycles. The maximum atomic E-state index is 11.6. The van der Waals surface area contributed by atoms with E-state index in [1.54, 1.807) is 12.1 Å². The molecule has 0 amide bonds. The molecule has 1 atom stereocenters. The van der Waals surface area contributed by atoms with Crippen LogP contribution in [0.4, 0.5) is 11.4 Å². The van der Waals surface area contributed by atoms with Crippen molar-refractivity contribution in [2.75, 3.05) is 31.7 Å². The van der Waals surface area contributed by atoms with Gasteiger partial charge in [0.05, 0.1) is 18.6 Å². The van der Waals surface area contributed by atoms with Crippen LogP contribution >= 0.6 is 15.9 Å². The van der Waals surface area contributed by atoms with Gasteiger partial charge in [-0.25, -0.2) is 4.79 Å². The van der Waals surface area contributed by atoms with Crippen molar-refractivity contribution < 1.29 is 19.2 Å². The molecule has 2 aromatic carbocycles. The summed E-state index contributed by atoms with van der Waals surface area (Å²) >= 11 is 3.54. The zero-order valence-corrected chi connectivity index (χ0v) is 16.8. The number of carbonyl (C=O) groups excluding carboxylic acids is 1. The van der Waals surface area contributed by atoms with Crippen molar-refractivity contribution in [2.24, 2.45) is 0 Å². The van der Waals surface area contributed by atoms with E-state index in [9.17, 15) is 14.9 Å². The molecule has 0 spiro atoms. The Morgan fingerprint density at radius 2 is 2.14 bits per heavy atom. The standard InChI is InChI=1S/C20H19BrN2O5/c1-27-20(24)9-7-14-6-8-17(18(12-14)23(25)26)22-10-11-28-19(13-22)15-4-2-3-5-16(15)21/h2-9,12,19H,10-11,13H2,1H3/b9-7+. The lowest BCUT2D eigenvalue weighted by Gasteiger charge is -2.34. The normalized spacial score (nSPS) is 16.9. The van der Waals surface area contributed by atoms with Gasteiger partial charge in [0.25, 0.3) is 5.69 Å². The van der Waals surface area contributed by atoms with Gasteiger partial charge in [-0.2, -0.15) is 0 Å². The second-order valence-electron chi connectivity index (χ2n) is 6.19. The smallest absolute Gasteiger partial charge is 0.330 e. The molecule has 8 heteroatoms. The number of hydrogen-bond donors (Lipinski definition) is 0. The lowest BCUT2D eigenvalue weighted by molar-refractivity contribution is -0.384. The number of rotatable bonds is 5. The summed E-state index contributed by atoms with van der Waals surface area (Å²) in [6.45, 7) is 1.52. The van der Waals surface area contributed by atoms with Crippen LogP contribution in [0.3, 0.4) is 0 Å². The number of nitrogens with zero attached hydrogens (tertiary/aromatic N) is 2. The van der Waals surface area contributed by atoms with E-state index in [4.69, 9.17) is 4.74 Å². The molecule has 0 aromatic heterocycles. The average Bonchev–Trinajstić information content (AvgIpc) is 2.72. The fourth-order valence-corrected chi connectivity index (χ4v) is 3.62. The number of methoxy groups -OCH3 is 1. The Morgan fingerprint density at radius 1 is 1.36 bits per heavy atom. The molecule has 146 valence electrons. The number of esters is 1. The van der Waals surface area contributed by atoms with Gasteiger partial charge in [-0.05, 0) is 29.3 Å². The third kappa shape index (κ3) is 4.58. The summed E-state index contributed by atoms with van der Waals surface area (Å²) in [4.78, 5) is 24.4. The van der Waals surface area contributed by atoms with Crippen LogP contribution < -0.4 is 4.90 Å². The predicted octanol–water partition coefficient (Wildman–Crippen LogP) is 4.12. The first-order valence-electron chi connectivity index (χ1n) is 8.65. The van der Waals surface area contributed by atoms with Crippen molar-refractivity contribution >= 4 is 39.4 Å². The zero-order valence-electron chi connectivity index (χ0n) is 15.2. The second-order valence-corrected chi connectivity index (χ2v) is 7.04. The highest BCUT2D eigenvalue weighted by molar-refractivity contribution is 9.10. The van der Waals surface area contributed by atoms with Gasteiger partial charge in [0.15, 0.2) is 0 Å². The molecule has 0 bridgehead atoms. The van der Waals surface area contributed by atoms with Crippen LogP contribution in [-0.2, 0) is 14.3 Å². The van der Waals surface area contributed by atoms with E-state index >= 15 is 0 Å². The Kier molecular flexibility index (Phi) is 6.43. The molecule has 1 aliphatic heterocycles.